The lowest BCUT2D eigenvalue weighted by atomic mass is 10.2. The van der Waals surface area contributed by atoms with E-state index in [0.717, 1.165) is 28.8 Å². The molecule has 0 aliphatic rings. The van der Waals surface area contributed by atoms with E-state index in [9.17, 15) is 0 Å². The molecule has 0 N–H and O–H groups in total. The van der Waals surface area contributed by atoms with E-state index < -0.39 is 0 Å². The summed E-state index contributed by atoms with van der Waals surface area (Å²) in [5, 5.41) is 14.1. The Bertz CT molecular complexity index is 691. The fourth-order valence-electron chi connectivity index (χ4n) is 2.03. The summed E-state index contributed by atoms with van der Waals surface area (Å²) in [6.07, 6.45) is 0.848. The first-order valence-electron chi connectivity index (χ1n) is 6.67. The highest BCUT2D eigenvalue weighted by Gasteiger charge is 2.15. The SMILES string of the molecule is CCc1nn(CC)c(COc2cccc(Cl)c2C#N)c1Br. The van der Waals surface area contributed by atoms with Crippen LogP contribution >= 0.6 is 27.5 Å². The molecule has 4 nitrogen and oxygen atoms in total. The Morgan fingerprint density at radius 1 is 1.43 bits per heavy atom. The quantitative estimate of drug-likeness (QED) is 0.789. The number of nitriles is 1. The summed E-state index contributed by atoms with van der Waals surface area (Å²) < 4.78 is 8.65. The van der Waals surface area contributed by atoms with E-state index in [0.29, 0.717) is 22.9 Å². The summed E-state index contributed by atoms with van der Waals surface area (Å²) >= 11 is 9.57. The molecule has 21 heavy (non-hydrogen) atoms. The van der Waals surface area contributed by atoms with Gasteiger partial charge in [-0.1, -0.05) is 24.6 Å². The molecular formula is C15H15BrClN3O. The molecule has 2 rings (SSSR count). The number of benzene rings is 1. The molecule has 110 valence electrons. The second kappa shape index (κ2) is 6.97. The maximum atomic E-state index is 9.15. The number of hydrogen-bond donors (Lipinski definition) is 0. The van der Waals surface area contributed by atoms with Crippen LogP contribution in [0.4, 0.5) is 0 Å². The lowest BCUT2D eigenvalue weighted by Crippen LogP contribution is -2.07. The van der Waals surface area contributed by atoms with E-state index in [2.05, 4.69) is 34.0 Å². The lowest BCUT2D eigenvalue weighted by molar-refractivity contribution is 0.291. The minimum atomic E-state index is 0.330. The van der Waals surface area contributed by atoms with Gasteiger partial charge in [0.05, 0.1) is 20.9 Å². The Labute approximate surface area is 137 Å². The van der Waals surface area contributed by atoms with Crippen molar-refractivity contribution in [3.8, 4) is 11.8 Å². The van der Waals surface area contributed by atoms with Gasteiger partial charge in [-0.2, -0.15) is 10.4 Å². The van der Waals surface area contributed by atoms with Gasteiger partial charge in [-0.3, -0.25) is 4.68 Å². The van der Waals surface area contributed by atoms with Crippen LogP contribution in [0.5, 0.6) is 5.75 Å². The molecule has 0 bridgehead atoms. The van der Waals surface area contributed by atoms with Crippen LogP contribution in [0.15, 0.2) is 22.7 Å². The average molecular weight is 369 g/mol. The molecule has 1 aromatic carbocycles. The molecule has 0 atom stereocenters. The standard InChI is InChI=1S/C15H15BrClN3O/c1-3-12-15(16)13(20(4-2)19-12)9-21-14-7-5-6-11(17)10(14)8-18/h5-7H,3-4,9H2,1-2H3. The van der Waals surface area contributed by atoms with Crippen LogP contribution in [0.25, 0.3) is 0 Å². The van der Waals surface area contributed by atoms with Gasteiger partial charge in [0, 0.05) is 6.54 Å². The summed E-state index contributed by atoms with van der Waals surface area (Å²) in [5.41, 5.74) is 2.31. The molecule has 2 aromatic rings. The van der Waals surface area contributed by atoms with Gasteiger partial charge in [-0.25, -0.2) is 0 Å². The number of ether oxygens (including phenoxy) is 1. The Kier molecular flexibility index (Phi) is 5.27. The minimum absolute atomic E-state index is 0.330. The molecule has 0 spiro atoms. The first-order chi connectivity index (χ1) is 10.1. The van der Waals surface area contributed by atoms with Crippen molar-refractivity contribution in [1.82, 2.24) is 9.78 Å². The first-order valence-corrected chi connectivity index (χ1v) is 7.84. The maximum absolute atomic E-state index is 9.15. The summed E-state index contributed by atoms with van der Waals surface area (Å²) in [6, 6.07) is 7.25. The Morgan fingerprint density at radius 3 is 2.81 bits per heavy atom. The zero-order valence-corrected chi connectivity index (χ0v) is 14.2. The normalized spacial score (nSPS) is 10.4. The van der Waals surface area contributed by atoms with E-state index in [4.69, 9.17) is 21.6 Å². The van der Waals surface area contributed by atoms with Crippen LogP contribution in [-0.2, 0) is 19.6 Å². The Balaban J connectivity index is 2.27. The van der Waals surface area contributed by atoms with Gasteiger partial charge in [0.25, 0.3) is 0 Å². The van der Waals surface area contributed by atoms with E-state index in [1.54, 1.807) is 18.2 Å². The Morgan fingerprint density at radius 2 is 2.19 bits per heavy atom. The molecule has 0 aliphatic heterocycles. The first kappa shape index (κ1) is 15.9. The number of aryl methyl sites for hydroxylation is 2. The number of rotatable bonds is 5. The van der Waals surface area contributed by atoms with Crippen molar-refractivity contribution in [2.45, 2.75) is 33.4 Å². The van der Waals surface area contributed by atoms with E-state index in [-0.39, 0.29) is 0 Å². The van der Waals surface area contributed by atoms with Crippen LogP contribution in [0, 0.1) is 11.3 Å². The Hall–Kier alpha value is -1.51. The van der Waals surface area contributed by atoms with Gasteiger partial charge in [-0.15, -0.1) is 0 Å². The highest BCUT2D eigenvalue weighted by atomic mass is 79.9. The van der Waals surface area contributed by atoms with Gasteiger partial charge >= 0.3 is 0 Å². The van der Waals surface area contributed by atoms with Crippen LogP contribution in [0.3, 0.4) is 0 Å². The van der Waals surface area contributed by atoms with Gasteiger partial charge in [0.2, 0.25) is 0 Å². The number of aromatic nitrogens is 2. The third-order valence-electron chi connectivity index (χ3n) is 3.15. The number of halogens is 2. The topological polar surface area (TPSA) is 50.8 Å². The minimum Gasteiger partial charge on any atom is -0.486 e. The molecule has 0 aliphatic carbocycles. The largest absolute Gasteiger partial charge is 0.486 e. The molecule has 0 saturated carbocycles. The summed E-state index contributed by atoms with van der Waals surface area (Å²) in [7, 11) is 0. The summed E-state index contributed by atoms with van der Waals surface area (Å²) in [5.74, 6) is 0.485. The van der Waals surface area contributed by atoms with Gasteiger partial charge in [-0.05, 0) is 41.4 Å². The monoisotopic (exact) mass is 367 g/mol. The van der Waals surface area contributed by atoms with Crippen molar-refractivity contribution in [3.05, 3.63) is 44.6 Å². The molecule has 6 heteroatoms. The third kappa shape index (κ3) is 3.22. The molecule has 1 heterocycles. The second-order valence-corrected chi connectivity index (χ2v) is 5.59. The summed E-state index contributed by atoms with van der Waals surface area (Å²) in [4.78, 5) is 0. The molecule has 0 radical (unpaired) electrons. The zero-order chi connectivity index (χ0) is 15.4. The van der Waals surface area contributed by atoms with Crippen molar-refractivity contribution in [2.75, 3.05) is 0 Å². The maximum Gasteiger partial charge on any atom is 0.139 e. The smallest absolute Gasteiger partial charge is 0.139 e. The van der Waals surface area contributed by atoms with Crippen LogP contribution in [0.2, 0.25) is 5.02 Å². The fraction of sp³-hybridized carbons (Fsp3) is 0.333. The van der Waals surface area contributed by atoms with Gasteiger partial charge < -0.3 is 4.74 Å². The van der Waals surface area contributed by atoms with Crippen molar-refractivity contribution in [3.63, 3.8) is 0 Å². The third-order valence-corrected chi connectivity index (χ3v) is 4.38. The lowest BCUT2D eigenvalue weighted by Gasteiger charge is -2.10. The summed E-state index contributed by atoms with van der Waals surface area (Å²) in [6.45, 7) is 5.18. The molecule has 0 fully saturated rings. The molecule has 0 unspecified atom stereocenters. The van der Waals surface area contributed by atoms with Crippen molar-refractivity contribution >= 4 is 27.5 Å². The molecule has 0 saturated heterocycles. The molecule has 0 amide bonds. The predicted octanol–water partition coefficient (Wildman–Crippen LogP) is 4.33. The van der Waals surface area contributed by atoms with Crippen LogP contribution in [-0.4, -0.2) is 9.78 Å². The molecule has 1 aromatic heterocycles. The zero-order valence-electron chi connectivity index (χ0n) is 11.9. The van der Waals surface area contributed by atoms with Gasteiger partial charge in [0.1, 0.15) is 24.0 Å². The van der Waals surface area contributed by atoms with Crippen molar-refractivity contribution < 1.29 is 4.74 Å². The van der Waals surface area contributed by atoms with Crippen LogP contribution in [0.1, 0.15) is 30.8 Å². The van der Waals surface area contributed by atoms with E-state index in [1.165, 1.54) is 0 Å². The molecular weight excluding hydrogens is 354 g/mol. The highest BCUT2D eigenvalue weighted by Crippen LogP contribution is 2.28. The number of nitrogens with zero attached hydrogens (tertiary/aromatic N) is 3. The highest BCUT2D eigenvalue weighted by molar-refractivity contribution is 9.10. The predicted molar refractivity (Wildman–Crippen MR) is 85.5 cm³/mol. The van der Waals surface area contributed by atoms with Crippen molar-refractivity contribution in [1.29, 1.82) is 5.26 Å². The van der Waals surface area contributed by atoms with Gasteiger partial charge in [0.15, 0.2) is 0 Å². The fourth-order valence-corrected chi connectivity index (χ4v) is 2.92. The average Bonchev–Trinajstić information content (AvgIpc) is 2.80. The number of hydrogen-bond acceptors (Lipinski definition) is 3. The van der Waals surface area contributed by atoms with E-state index in [1.807, 2.05) is 11.6 Å². The second-order valence-electron chi connectivity index (χ2n) is 4.39. The van der Waals surface area contributed by atoms with Crippen molar-refractivity contribution in [2.24, 2.45) is 0 Å². The van der Waals surface area contributed by atoms with Crippen LogP contribution < -0.4 is 4.74 Å². The van der Waals surface area contributed by atoms with E-state index >= 15 is 0 Å².